The van der Waals surface area contributed by atoms with Gasteiger partial charge in [0, 0.05) is 37.9 Å². The number of anilines is 2. The summed E-state index contributed by atoms with van der Waals surface area (Å²) in [4.78, 5) is 33.6. The van der Waals surface area contributed by atoms with Gasteiger partial charge in [-0.25, -0.2) is 18.6 Å². The molecule has 1 amide bonds. The Morgan fingerprint density at radius 3 is 2.59 bits per heavy atom. The van der Waals surface area contributed by atoms with Gasteiger partial charge in [-0.15, -0.1) is 0 Å². The quantitative estimate of drug-likeness (QED) is 0.625. The van der Waals surface area contributed by atoms with E-state index in [1.807, 2.05) is 9.80 Å². The zero-order chi connectivity index (χ0) is 20.5. The maximum Gasteiger partial charge on any atom is 0.418 e. The van der Waals surface area contributed by atoms with Gasteiger partial charge >= 0.3 is 5.76 Å². The molecule has 3 heterocycles. The molecular weight excluding hydrogens is 408 g/mol. The second-order valence-corrected chi connectivity index (χ2v) is 7.00. The molecule has 1 saturated heterocycles. The van der Waals surface area contributed by atoms with Crippen LogP contribution in [0, 0.1) is 11.6 Å². The number of carbonyl (C=O) groups is 1. The minimum Gasteiger partial charge on any atom is -0.406 e. The van der Waals surface area contributed by atoms with Crippen molar-refractivity contribution in [3.05, 3.63) is 51.6 Å². The summed E-state index contributed by atoms with van der Waals surface area (Å²) >= 11 is 5.52. The molecular formula is C18H16ClF2N5O3. The van der Waals surface area contributed by atoms with Crippen molar-refractivity contribution in [2.24, 2.45) is 0 Å². The maximum absolute atomic E-state index is 13.7. The van der Waals surface area contributed by atoms with Crippen molar-refractivity contribution in [1.29, 1.82) is 0 Å². The second kappa shape index (κ2) is 7.80. The maximum atomic E-state index is 13.7. The lowest BCUT2D eigenvalue weighted by molar-refractivity contribution is -0.117. The molecule has 1 aromatic carbocycles. The third kappa shape index (κ3) is 4.22. The third-order valence-electron chi connectivity index (χ3n) is 4.63. The van der Waals surface area contributed by atoms with Gasteiger partial charge in [0.25, 0.3) is 0 Å². The van der Waals surface area contributed by atoms with E-state index in [2.05, 4.69) is 15.3 Å². The number of halogens is 3. The van der Waals surface area contributed by atoms with Gasteiger partial charge in [-0.05, 0) is 12.1 Å². The van der Waals surface area contributed by atoms with E-state index >= 15 is 0 Å². The highest BCUT2D eigenvalue weighted by Crippen LogP contribution is 2.26. The Kier molecular flexibility index (Phi) is 5.20. The first-order chi connectivity index (χ1) is 13.9. The van der Waals surface area contributed by atoms with Crippen LogP contribution in [0.1, 0.15) is 0 Å². The van der Waals surface area contributed by atoms with Crippen molar-refractivity contribution >= 4 is 40.1 Å². The lowest BCUT2D eigenvalue weighted by Gasteiger charge is -2.35. The molecule has 0 aliphatic carbocycles. The third-order valence-corrected chi connectivity index (χ3v) is 4.99. The molecule has 0 bridgehead atoms. The molecule has 1 aliphatic rings. The number of H-pyrrole nitrogens is 1. The fourth-order valence-corrected chi connectivity index (χ4v) is 3.31. The molecule has 29 heavy (non-hydrogen) atoms. The summed E-state index contributed by atoms with van der Waals surface area (Å²) in [5, 5.41) is 2.19. The predicted octanol–water partition coefficient (Wildman–Crippen LogP) is 2.21. The average Bonchev–Trinajstić information content (AvgIpc) is 3.05. The van der Waals surface area contributed by atoms with Crippen molar-refractivity contribution in [2.45, 2.75) is 0 Å². The number of pyridine rings is 1. The summed E-state index contributed by atoms with van der Waals surface area (Å²) in [5.74, 6) is -2.46. The lowest BCUT2D eigenvalue weighted by Crippen LogP contribution is -2.48. The Balaban J connectivity index is 1.33. The van der Waals surface area contributed by atoms with Crippen LogP contribution in [-0.2, 0) is 4.79 Å². The molecule has 152 valence electrons. The van der Waals surface area contributed by atoms with Crippen molar-refractivity contribution in [3.8, 4) is 0 Å². The number of benzene rings is 1. The van der Waals surface area contributed by atoms with Crippen LogP contribution in [0.5, 0.6) is 0 Å². The monoisotopic (exact) mass is 423 g/mol. The Morgan fingerprint density at radius 2 is 1.90 bits per heavy atom. The minimum atomic E-state index is -0.799. The van der Waals surface area contributed by atoms with Crippen LogP contribution in [0.25, 0.3) is 11.2 Å². The molecule has 1 fully saturated rings. The largest absolute Gasteiger partial charge is 0.418 e. The number of aromatic amines is 1. The molecule has 0 saturated carbocycles. The van der Waals surface area contributed by atoms with Crippen LogP contribution >= 0.6 is 11.6 Å². The first-order valence-electron chi connectivity index (χ1n) is 8.79. The molecule has 3 aromatic rings. The normalized spacial score (nSPS) is 15.1. The first-order valence-corrected chi connectivity index (χ1v) is 9.17. The Labute approximate surface area is 168 Å². The number of oxazole rings is 1. The van der Waals surface area contributed by atoms with Crippen LogP contribution in [0.3, 0.4) is 0 Å². The fourth-order valence-electron chi connectivity index (χ4n) is 3.20. The molecule has 1 aliphatic heterocycles. The fraction of sp³-hybridized carbons (Fsp3) is 0.278. The number of fused-ring (bicyclic) bond motifs is 1. The van der Waals surface area contributed by atoms with Gasteiger partial charge < -0.3 is 14.6 Å². The molecule has 4 rings (SSSR count). The number of hydrogen-bond acceptors (Lipinski definition) is 6. The highest BCUT2D eigenvalue weighted by Gasteiger charge is 2.21. The van der Waals surface area contributed by atoms with Gasteiger partial charge in [0.15, 0.2) is 11.2 Å². The zero-order valence-electron chi connectivity index (χ0n) is 15.0. The summed E-state index contributed by atoms with van der Waals surface area (Å²) in [6.45, 7) is 2.25. The molecule has 0 spiro atoms. The van der Waals surface area contributed by atoms with Crippen molar-refractivity contribution < 1.29 is 18.0 Å². The summed E-state index contributed by atoms with van der Waals surface area (Å²) < 4.78 is 32.2. The molecule has 2 N–H and O–H groups in total. The Hall–Kier alpha value is -2.98. The predicted molar refractivity (Wildman–Crippen MR) is 103 cm³/mol. The number of piperazine rings is 1. The van der Waals surface area contributed by atoms with Gasteiger partial charge in [0.2, 0.25) is 5.91 Å². The Morgan fingerprint density at radius 1 is 1.21 bits per heavy atom. The van der Waals surface area contributed by atoms with Crippen molar-refractivity contribution in [3.63, 3.8) is 0 Å². The lowest BCUT2D eigenvalue weighted by atomic mass is 10.2. The van der Waals surface area contributed by atoms with E-state index in [1.54, 1.807) is 0 Å². The van der Waals surface area contributed by atoms with Gasteiger partial charge in [-0.3, -0.25) is 14.7 Å². The summed E-state index contributed by atoms with van der Waals surface area (Å²) in [6.07, 6.45) is 1.42. The smallest absolute Gasteiger partial charge is 0.406 e. The zero-order valence-corrected chi connectivity index (χ0v) is 15.8. The second-order valence-electron chi connectivity index (χ2n) is 6.62. The highest BCUT2D eigenvalue weighted by molar-refractivity contribution is 6.31. The highest BCUT2D eigenvalue weighted by atomic mass is 35.5. The standard InChI is InChI=1S/C18H16ClF2N5O3/c19-16-12(20)6-11(7-13(16)21)26-3-1-25(2-4-26)9-15(27)23-10-5-14-17(22-8-10)24-18(28)29-14/h5-8H,1-4,9H2,(H,23,27)(H,22,24,28). The van der Waals surface area contributed by atoms with E-state index in [9.17, 15) is 18.4 Å². The average molecular weight is 424 g/mol. The molecule has 11 heteroatoms. The number of nitrogens with zero attached hydrogens (tertiary/aromatic N) is 3. The van der Waals surface area contributed by atoms with E-state index in [1.165, 1.54) is 24.4 Å². The van der Waals surface area contributed by atoms with E-state index in [0.29, 0.717) is 43.2 Å². The number of carbonyl (C=O) groups excluding carboxylic acids is 1. The molecule has 2 aromatic heterocycles. The van der Waals surface area contributed by atoms with Crippen LogP contribution in [0.2, 0.25) is 5.02 Å². The number of hydrogen-bond donors (Lipinski definition) is 2. The number of nitrogens with one attached hydrogen (secondary N) is 2. The molecule has 8 nitrogen and oxygen atoms in total. The van der Waals surface area contributed by atoms with Crippen LogP contribution in [0.15, 0.2) is 33.6 Å². The number of rotatable bonds is 4. The minimum absolute atomic E-state index is 0.145. The Bertz CT molecular complexity index is 1100. The summed E-state index contributed by atoms with van der Waals surface area (Å²) in [7, 11) is 0. The first kappa shape index (κ1) is 19.3. The molecule has 0 unspecified atom stereocenters. The van der Waals surface area contributed by atoms with Gasteiger partial charge in [0.1, 0.15) is 16.7 Å². The number of aromatic nitrogens is 2. The van der Waals surface area contributed by atoms with Gasteiger partial charge in [0.05, 0.1) is 18.4 Å². The van der Waals surface area contributed by atoms with Crippen LogP contribution < -0.4 is 16.0 Å². The summed E-state index contributed by atoms with van der Waals surface area (Å²) in [6, 6.07) is 3.92. The summed E-state index contributed by atoms with van der Waals surface area (Å²) in [5.41, 5.74) is 1.39. The van der Waals surface area contributed by atoms with Gasteiger partial charge in [-0.2, -0.15) is 0 Å². The number of amides is 1. The van der Waals surface area contributed by atoms with E-state index in [-0.39, 0.29) is 18.0 Å². The van der Waals surface area contributed by atoms with Gasteiger partial charge in [-0.1, -0.05) is 11.6 Å². The van der Waals surface area contributed by atoms with E-state index in [4.69, 9.17) is 16.0 Å². The van der Waals surface area contributed by atoms with Crippen LogP contribution in [-0.4, -0.2) is 53.5 Å². The van der Waals surface area contributed by atoms with Crippen LogP contribution in [0.4, 0.5) is 20.2 Å². The van der Waals surface area contributed by atoms with Crippen molar-refractivity contribution in [2.75, 3.05) is 42.9 Å². The SMILES string of the molecule is O=C(CN1CCN(c2cc(F)c(Cl)c(F)c2)CC1)Nc1cnc2[nH]c(=O)oc2c1. The molecule has 0 atom stereocenters. The topological polar surface area (TPSA) is 94.5 Å². The van der Waals surface area contributed by atoms with Crippen molar-refractivity contribution in [1.82, 2.24) is 14.9 Å². The van der Waals surface area contributed by atoms with E-state index < -0.39 is 22.4 Å². The van der Waals surface area contributed by atoms with E-state index in [0.717, 1.165) is 0 Å². The molecule has 0 radical (unpaired) electrons.